The highest BCUT2D eigenvalue weighted by Crippen LogP contribution is 2.42. The van der Waals surface area contributed by atoms with Crippen molar-refractivity contribution in [3.05, 3.63) is 35.4 Å². The monoisotopic (exact) mass is 294 g/mol. The molecular formula is C17H30O2Si. The Hall–Kier alpha value is -0.643. The summed E-state index contributed by atoms with van der Waals surface area (Å²) >= 11 is 0. The summed E-state index contributed by atoms with van der Waals surface area (Å²) < 4.78 is 6.55. The molecule has 0 saturated heterocycles. The molecule has 0 spiro atoms. The van der Waals surface area contributed by atoms with E-state index in [1.54, 1.807) is 0 Å². The molecule has 0 saturated carbocycles. The molecule has 0 radical (unpaired) electrons. The smallest absolute Gasteiger partial charge is 0.200 e. The third-order valence-electron chi connectivity index (χ3n) is 4.40. The zero-order chi connectivity index (χ0) is 15.3. The minimum Gasteiger partial charge on any atom is -0.412 e. The highest BCUT2D eigenvalue weighted by Gasteiger charge is 2.44. The molecule has 1 rings (SSSR count). The Morgan fingerprint density at radius 2 is 1.25 bits per heavy atom. The maximum Gasteiger partial charge on any atom is 0.200 e. The number of aliphatic hydroxyl groups excluding tert-OH is 1. The first-order valence-corrected chi connectivity index (χ1v) is 9.81. The summed E-state index contributed by atoms with van der Waals surface area (Å²) in [5.41, 5.74) is 3.98. The first-order valence-electron chi connectivity index (χ1n) is 7.67. The van der Waals surface area contributed by atoms with E-state index in [9.17, 15) is 0 Å². The Morgan fingerprint density at radius 1 is 0.850 bits per heavy atom. The predicted octanol–water partition coefficient (Wildman–Crippen LogP) is 4.87. The van der Waals surface area contributed by atoms with Gasteiger partial charge >= 0.3 is 0 Å². The third kappa shape index (κ3) is 3.71. The van der Waals surface area contributed by atoms with Crippen molar-refractivity contribution in [3.63, 3.8) is 0 Å². The van der Waals surface area contributed by atoms with Crippen molar-refractivity contribution in [1.29, 1.82) is 0 Å². The first kappa shape index (κ1) is 17.4. The van der Waals surface area contributed by atoms with Gasteiger partial charge in [-0.2, -0.15) is 0 Å². The van der Waals surface area contributed by atoms with Gasteiger partial charge in [-0.15, -0.1) is 0 Å². The van der Waals surface area contributed by atoms with Crippen LogP contribution in [0.15, 0.2) is 24.3 Å². The van der Waals surface area contributed by atoms with E-state index < -0.39 is 8.32 Å². The molecule has 0 aliphatic rings. The van der Waals surface area contributed by atoms with E-state index in [2.05, 4.69) is 53.7 Å². The number of benzene rings is 1. The van der Waals surface area contributed by atoms with Gasteiger partial charge < -0.3 is 9.53 Å². The Bertz CT molecular complexity index is 374. The van der Waals surface area contributed by atoms with Crippen LogP contribution < -0.4 is 0 Å². The lowest BCUT2D eigenvalue weighted by Crippen LogP contribution is -2.47. The lowest BCUT2D eigenvalue weighted by atomic mass is 10.1. The van der Waals surface area contributed by atoms with E-state index in [0.29, 0.717) is 23.2 Å². The van der Waals surface area contributed by atoms with Gasteiger partial charge in [0.1, 0.15) is 0 Å². The second kappa shape index (κ2) is 7.39. The van der Waals surface area contributed by atoms with Crippen LogP contribution in [0.3, 0.4) is 0 Å². The van der Waals surface area contributed by atoms with Gasteiger partial charge in [-0.25, -0.2) is 0 Å². The Balaban J connectivity index is 2.85. The maximum atomic E-state index is 9.08. The van der Waals surface area contributed by atoms with E-state index >= 15 is 0 Å². The van der Waals surface area contributed by atoms with Crippen LogP contribution in [0.5, 0.6) is 0 Å². The molecule has 0 atom stereocenters. The van der Waals surface area contributed by atoms with Crippen molar-refractivity contribution in [3.8, 4) is 0 Å². The molecule has 2 nitrogen and oxygen atoms in total. The molecule has 0 aliphatic carbocycles. The standard InChI is InChI=1S/C17H30O2Si/c1-13(2)20(14(3)4,15(5)6)19-12-17-9-7-16(11-18)8-10-17/h7-10,13-15,18H,11-12H2,1-6H3. The molecule has 1 N–H and O–H groups in total. The predicted molar refractivity (Wildman–Crippen MR) is 88.2 cm³/mol. The summed E-state index contributed by atoms with van der Waals surface area (Å²) in [4.78, 5) is 0. The van der Waals surface area contributed by atoms with Gasteiger partial charge in [0.05, 0.1) is 13.2 Å². The fraction of sp³-hybridized carbons (Fsp3) is 0.647. The molecule has 0 bridgehead atoms. The van der Waals surface area contributed by atoms with Gasteiger partial charge in [0.25, 0.3) is 0 Å². The highest BCUT2D eigenvalue weighted by atomic mass is 28.4. The van der Waals surface area contributed by atoms with Gasteiger partial charge in [-0.3, -0.25) is 0 Å². The van der Waals surface area contributed by atoms with E-state index in [4.69, 9.17) is 9.53 Å². The van der Waals surface area contributed by atoms with Crippen molar-refractivity contribution in [2.75, 3.05) is 0 Å². The van der Waals surface area contributed by atoms with Crippen molar-refractivity contribution in [1.82, 2.24) is 0 Å². The summed E-state index contributed by atoms with van der Waals surface area (Å²) in [5, 5.41) is 9.08. The lowest BCUT2D eigenvalue weighted by molar-refractivity contribution is 0.265. The summed E-state index contributed by atoms with van der Waals surface area (Å²) in [5.74, 6) is 0. The molecule has 1 aromatic rings. The van der Waals surface area contributed by atoms with Crippen LogP contribution in [0, 0.1) is 0 Å². The molecule has 114 valence electrons. The van der Waals surface area contributed by atoms with Crippen molar-refractivity contribution in [2.24, 2.45) is 0 Å². The first-order chi connectivity index (χ1) is 9.34. The molecule has 0 unspecified atom stereocenters. The normalized spacial score (nSPS) is 12.7. The minimum absolute atomic E-state index is 0.101. The minimum atomic E-state index is -1.78. The Kier molecular flexibility index (Phi) is 6.43. The van der Waals surface area contributed by atoms with E-state index in [0.717, 1.165) is 5.56 Å². The second-order valence-corrected chi connectivity index (χ2v) is 12.0. The molecule has 20 heavy (non-hydrogen) atoms. The molecule has 0 heterocycles. The van der Waals surface area contributed by atoms with Crippen LogP contribution in [-0.2, 0) is 17.6 Å². The summed E-state index contributed by atoms with van der Waals surface area (Å²) in [6.45, 7) is 14.6. The Morgan fingerprint density at radius 3 is 1.60 bits per heavy atom. The zero-order valence-corrected chi connectivity index (χ0v) is 14.8. The largest absolute Gasteiger partial charge is 0.412 e. The fourth-order valence-corrected chi connectivity index (χ4v) is 8.87. The van der Waals surface area contributed by atoms with Crippen molar-refractivity contribution in [2.45, 2.75) is 71.4 Å². The topological polar surface area (TPSA) is 29.5 Å². The van der Waals surface area contributed by atoms with E-state index in [1.165, 1.54) is 5.56 Å². The fourth-order valence-electron chi connectivity index (χ4n) is 3.45. The lowest BCUT2D eigenvalue weighted by Gasteiger charge is -2.42. The zero-order valence-electron chi connectivity index (χ0n) is 13.8. The molecule has 0 amide bonds. The average Bonchev–Trinajstić information content (AvgIpc) is 2.38. The van der Waals surface area contributed by atoms with Gasteiger partial charge in [0.15, 0.2) is 0 Å². The van der Waals surface area contributed by atoms with Crippen LogP contribution >= 0.6 is 0 Å². The number of hydrogen-bond donors (Lipinski definition) is 1. The van der Waals surface area contributed by atoms with Gasteiger partial charge in [-0.1, -0.05) is 65.8 Å². The number of hydrogen-bond acceptors (Lipinski definition) is 2. The van der Waals surface area contributed by atoms with Crippen LogP contribution in [0.1, 0.15) is 52.7 Å². The quantitative estimate of drug-likeness (QED) is 0.727. The molecule has 0 fully saturated rings. The summed E-state index contributed by atoms with van der Waals surface area (Å²) in [6.07, 6.45) is 0. The van der Waals surface area contributed by atoms with Crippen LogP contribution in [0.2, 0.25) is 16.6 Å². The van der Waals surface area contributed by atoms with Crippen molar-refractivity contribution >= 4 is 8.32 Å². The molecule has 1 aromatic carbocycles. The van der Waals surface area contributed by atoms with E-state index in [-0.39, 0.29) is 6.61 Å². The Labute approximate surface area is 125 Å². The number of aliphatic hydroxyl groups is 1. The van der Waals surface area contributed by atoms with E-state index in [1.807, 2.05) is 12.1 Å². The summed E-state index contributed by atoms with van der Waals surface area (Å²) in [6, 6.07) is 8.07. The molecule has 0 aliphatic heterocycles. The molecule has 0 aromatic heterocycles. The van der Waals surface area contributed by atoms with Crippen LogP contribution in [0.4, 0.5) is 0 Å². The van der Waals surface area contributed by atoms with Gasteiger partial charge in [0, 0.05) is 0 Å². The average molecular weight is 295 g/mol. The van der Waals surface area contributed by atoms with Crippen LogP contribution in [0.25, 0.3) is 0 Å². The molecule has 3 heteroatoms. The van der Waals surface area contributed by atoms with Gasteiger partial charge in [-0.05, 0) is 27.8 Å². The SMILES string of the molecule is CC(C)[Si](OCc1ccc(CO)cc1)(C(C)C)C(C)C. The number of rotatable bonds is 7. The summed E-state index contributed by atoms with van der Waals surface area (Å²) in [7, 11) is -1.78. The highest BCUT2D eigenvalue weighted by molar-refractivity contribution is 6.77. The van der Waals surface area contributed by atoms with Crippen LogP contribution in [-0.4, -0.2) is 13.4 Å². The maximum absolute atomic E-state index is 9.08. The van der Waals surface area contributed by atoms with Crippen molar-refractivity contribution < 1.29 is 9.53 Å². The van der Waals surface area contributed by atoms with Gasteiger partial charge in [0.2, 0.25) is 8.32 Å². The molecular weight excluding hydrogens is 264 g/mol. The second-order valence-electron chi connectivity index (χ2n) is 6.58. The third-order valence-corrected chi connectivity index (χ3v) is 10.5.